The van der Waals surface area contributed by atoms with Crippen LogP contribution in [-0.2, 0) is 19.1 Å². The molecule has 14 atom stereocenters. The number of ether oxygens (including phenoxy) is 2. The van der Waals surface area contributed by atoms with Crippen LogP contribution in [0.1, 0.15) is 113 Å². The van der Waals surface area contributed by atoms with Gasteiger partial charge in [0.15, 0.2) is 0 Å². The Bertz CT molecular complexity index is 1260. The lowest BCUT2D eigenvalue weighted by atomic mass is 9.33. The van der Waals surface area contributed by atoms with Crippen LogP contribution >= 0.6 is 0 Å². The number of rotatable bonds is 5. The van der Waals surface area contributed by atoms with Gasteiger partial charge in [-0.1, -0.05) is 60.1 Å². The van der Waals surface area contributed by atoms with Gasteiger partial charge in [-0.15, -0.1) is 0 Å². The summed E-state index contributed by atoms with van der Waals surface area (Å²) in [7, 11) is 0. The van der Waals surface area contributed by atoms with E-state index in [2.05, 4.69) is 54.5 Å². The van der Waals surface area contributed by atoms with E-state index in [1.165, 1.54) is 5.57 Å². The molecule has 0 aromatic heterocycles. The van der Waals surface area contributed by atoms with Crippen LogP contribution in [0.2, 0.25) is 0 Å². The van der Waals surface area contributed by atoms with Crippen LogP contribution in [0.3, 0.4) is 0 Å². The second kappa shape index (κ2) is 11.0. The highest BCUT2D eigenvalue weighted by Crippen LogP contribution is 2.76. The largest absolute Gasteiger partial charge is 0.481 e. The first-order valence-corrected chi connectivity index (χ1v) is 17.7. The predicted molar refractivity (Wildman–Crippen MR) is 170 cm³/mol. The monoisotopic (exact) mass is 646 g/mol. The van der Waals surface area contributed by atoms with E-state index in [1.54, 1.807) is 0 Å². The summed E-state index contributed by atoms with van der Waals surface area (Å²) in [6, 6.07) is 0. The number of carboxylic acid groups (broad SMARTS) is 1. The number of hydrogen-bond acceptors (Lipinski definition) is 8. The maximum Gasteiger partial charge on any atom is 0.310 e. The zero-order valence-corrected chi connectivity index (χ0v) is 28.9. The minimum atomic E-state index is -1.63. The molecule has 1 aliphatic heterocycles. The number of carboxylic acids is 1. The first-order valence-electron chi connectivity index (χ1n) is 17.7. The molecular weight excluding hydrogens is 588 g/mol. The molecule has 4 saturated carbocycles. The topological polar surface area (TPSA) is 154 Å². The van der Waals surface area contributed by atoms with E-state index in [0.717, 1.165) is 57.8 Å². The number of fused-ring (bicyclic) bond motifs is 7. The molecular formula is C37H58O9. The van der Waals surface area contributed by atoms with E-state index in [-0.39, 0.29) is 51.3 Å². The quantitative estimate of drug-likeness (QED) is 0.209. The van der Waals surface area contributed by atoms with Crippen molar-refractivity contribution in [2.24, 2.45) is 56.2 Å². The van der Waals surface area contributed by atoms with Crippen molar-refractivity contribution in [3.8, 4) is 0 Å². The van der Waals surface area contributed by atoms with Gasteiger partial charge < -0.3 is 35.0 Å². The molecule has 9 nitrogen and oxygen atoms in total. The van der Waals surface area contributed by atoms with Crippen molar-refractivity contribution in [3.05, 3.63) is 11.6 Å². The van der Waals surface area contributed by atoms with Crippen molar-refractivity contribution in [3.63, 3.8) is 0 Å². The molecule has 9 heteroatoms. The minimum absolute atomic E-state index is 0.0123. The summed E-state index contributed by atoms with van der Waals surface area (Å²) < 4.78 is 10.6. The van der Waals surface area contributed by atoms with Crippen LogP contribution < -0.4 is 0 Å². The third-order valence-corrected chi connectivity index (χ3v) is 15.7. The van der Waals surface area contributed by atoms with E-state index < -0.39 is 48.2 Å². The average Bonchev–Trinajstić information content (AvgIpc) is 2.97. The summed E-state index contributed by atoms with van der Waals surface area (Å²) >= 11 is 0. The smallest absolute Gasteiger partial charge is 0.310 e. The van der Waals surface area contributed by atoms with E-state index in [9.17, 15) is 35.1 Å². The second-order valence-electron chi connectivity index (χ2n) is 18.3. The summed E-state index contributed by atoms with van der Waals surface area (Å²) in [6.07, 6.45) is 2.65. The second-order valence-corrected chi connectivity index (χ2v) is 18.3. The SMILES string of the molecule is CC1(C)CC[C@]2(C(=O)O)CC[C@]3(C)C(=CCC4[C@@]5(C)CC[C@H]([C@H](O)[C@@H]6OC(OC=O)[C@@H](O)[C@H](O)C6O)C(C)(C)C5CC[C@]43C)C2C1. The predicted octanol–water partition coefficient (Wildman–Crippen LogP) is 4.83. The molecule has 5 N–H and O–H groups in total. The third kappa shape index (κ3) is 4.57. The van der Waals surface area contributed by atoms with Crippen LogP contribution in [0.25, 0.3) is 0 Å². The Balaban J connectivity index is 1.30. The summed E-state index contributed by atoms with van der Waals surface area (Å²) in [4.78, 5) is 24.0. The third-order valence-electron chi connectivity index (χ3n) is 15.7. The van der Waals surface area contributed by atoms with Crippen LogP contribution in [0.4, 0.5) is 0 Å². The zero-order chi connectivity index (χ0) is 33.8. The number of aliphatic hydroxyl groups is 4. The zero-order valence-electron chi connectivity index (χ0n) is 28.9. The van der Waals surface area contributed by atoms with Gasteiger partial charge in [0.1, 0.15) is 24.4 Å². The normalized spacial score (nSPS) is 51.6. The van der Waals surface area contributed by atoms with Crippen molar-refractivity contribution < 1.29 is 44.6 Å². The maximum absolute atomic E-state index is 13.0. The lowest BCUT2D eigenvalue weighted by molar-refractivity contribution is -0.308. The van der Waals surface area contributed by atoms with Crippen molar-refractivity contribution in [1.29, 1.82) is 0 Å². The Labute approximate surface area is 274 Å². The van der Waals surface area contributed by atoms with Gasteiger partial charge in [0.25, 0.3) is 6.47 Å². The number of hydrogen-bond donors (Lipinski definition) is 5. The Morgan fingerprint density at radius 1 is 0.913 bits per heavy atom. The standard InChI is InChI=1S/C37H58O9/c1-32(2)14-16-37(31(43)44)17-15-35(6)20(22(37)18-32)8-9-24-34(5)12-10-21(33(3,4)23(34)11-13-36(24,35)7)25(39)29-27(41)26(40)28(42)30(46-29)45-19-38/h8,19,21-30,39-42H,9-18H2,1-7H3,(H,43,44)/t21-,22?,23?,24?,25+,26-,27?,28+,29+,30?,34+,35-,36-,37+/m1/s1. The molecule has 5 fully saturated rings. The summed E-state index contributed by atoms with van der Waals surface area (Å²) in [6.45, 7) is 16.5. The summed E-state index contributed by atoms with van der Waals surface area (Å²) in [5.41, 5.74) is 0.445. The van der Waals surface area contributed by atoms with Crippen molar-refractivity contribution >= 4 is 12.4 Å². The average molecular weight is 647 g/mol. The molecule has 0 aromatic carbocycles. The lowest BCUT2D eigenvalue weighted by Gasteiger charge is -2.71. The molecule has 6 aliphatic rings. The molecule has 5 aliphatic carbocycles. The first-order chi connectivity index (χ1) is 21.3. The highest BCUT2D eigenvalue weighted by atomic mass is 16.7. The maximum atomic E-state index is 13.0. The number of allylic oxidation sites excluding steroid dienone is 2. The van der Waals surface area contributed by atoms with E-state index >= 15 is 0 Å². The molecule has 6 rings (SSSR count). The van der Waals surface area contributed by atoms with Gasteiger partial charge in [-0.2, -0.15) is 0 Å². The molecule has 0 bridgehead atoms. The molecule has 0 aromatic rings. The first kappa shape index (κ1) is 34.3. The Kier molecular flexibility index (Phi) is 8.21. The van der Waals surface area contributed by atoms with E-state index in [0.29, 0.717) is 12.3 Å². The number of carbonyl (C=O) groups excluding carboxylic acids is 1. The van der Waals surface area contributed by atoms with Crippen molar-refractivity contribution in [1.82, 2.24) is 0 Å². The van der Waals surface area contributed by atoms with Crippen molar-refractivity contribution in [2.75, 3.05) is 0 Å². The lowest BCUT2D eigenvalue weighted by Crippen LogP contribution is -2.67. The van der Waals surface area contributed by atoms with E-state index in [1.807, 2.05) is 0 Å². The van der Waals surface area contributed by atoms with Crippen LogP contribution in [0.15, 0.2) is 11.6 Å². The Morgan fingerprint density at radius 2 is 1.59 bits per heavy atom. The number of carbonyl (C=O) groups is 2. The van der Waals surface area contributed by atoms with Gasteiger partial charge in [0.05, 0.1) is 11.5 Å². The van der Waals surface area contributed by atoms with Crippen molar-refractivity contribution in [2.45, 2.75) is 149 Å². The van der Waals surface area contributed by atoms with Gasteiger partial charge in [-0.05, 0) is 115 Å². The van der Waals surface area contributed by atoms with Crippen LogP contribution in [-0.4, -0.2) is 74.8 Å². The molecule has 0 radical (unpaired) electrons. The molecule has 260 valence electrons. The molecule has 1 heterocycles. The van der Waals surface area contributed by atoms with Crippen LogP contribution in [0.5, 0.6) is 0 Å². The fourth-order valence-corrected chi connectivity index (χ4v) is 12.8. The fourth-order valence-electron chi connectivity index (χ4n) is 12.8. The van der Waals surface area contributed by atoms with Gasteiger partial charge >= 0.3 is 5.97 Å². The minimum Gasteiger partial charge on any atom is -0.481 e. The van der Waals surface area contributed by atoms with Gasteiger partial charge in [0.2, 0.25) is 6.29 Å². The van der Waals surface area contributed by atoms with E-state index in [4.69, 9.17) is 9.47 Å². The molecule has 0 spiro atoms. The summed E-state index contributed by atoms with van der Waals surface area (Å²) in [5.74, 6) is -0.123. The Hall–Kier alpha value is -1.52. The van der Waals surface area contributed by atoms with Gasteiger partial charge in [-0.25, -0.2) is 0 Å². The molecule has 5 unspecified atom stereocenters. The Morgan fingerprint density at radius 3 is 2.24 bits per heavy atom. The molecule has 0 amide bonds. The van der Waals surface area contributed by atoms with Gasteiger partial charge in [-0.3, -0.25) is 9.59 Å². The van der Waals surface area contributed by atoms with Crippen LogP contribution in [0, 0.1) is 56.2 Å². The summed E-state index contributed by atoms with van der Waals surface area (Å²) in [5, 5.41) is 54.1. The molecule has 46 heavy (non-hydrogen) atoms. The number of aliphatic carboxylic acids is 1. The number of aliphatic hydroxyl groups excluding tert-OH is 4. The highest BCUT2D eigenvalue weighted by Gasteiger charge is 2.70. The molecule has 1 saturated heterocycles. The highest BCUT2D eigenvalue weighted by molar-refractivity contribution is 5.76. The fraction of sp³-hybridized carbons (Fsp3) is 0.892. The van der Waals surface area contributed by atoms with Gasteiger partial charge in [0, 0.05) is 0 Å².